The molecular formula is C14H13BrFN3O. The van der Waals surface area contributed by atoms with E-state index in [1.165, 1.54) is 18.2 Å². The normalized spacial score (nSPS) is 10.3. The van der Waals surface area contributed by atoms with Crippen LogP contribution in [-0.4, -0.2) is 5.91 Å². The van der Waals surface area contributed by atoms with E-state index in [1.807, 2.05) is 0 Å². The maximum absolute atomic E-state index is 13.5. The molecule has 0 aliphatic rings. The molecule has 104 valence electrons. The first-order chi connectivity index (χ1) is 9.45. The van der Waals surface area contributed by atoms with Crippen LogP contribution < -0.4 is 16.8 Å². The standard InChI is InChI=1S/C14H13BrFN3O/c15-10-1-2-13(16)9(3-10)7-19-14(20)8-4-11(17)6-12(18)5-8/h1-6H,7,17-18H2,(H,19,20). The van der Waals surface area contributed by atoms with Crippen LogP contribution in [0.25, 0.3) is 0 Å². The molecule has 0 bridgehead atoms. The van der Waals surface area contributed by atoms with Crippen LogP contribution in [0.15, 0.2) is 40.9 Å². The number of anilines is 2. The van der Waals surface area contributed by atoms with Crippen molar-refractivity contribution in [1.82, 2.24) is 5.32 Å². The summed E-state index contributed by atoms with van der Waals surface area (Å²) in [5, 5.41) is 2.63. The van der Waals surface area contributed by atoms with Crippen molar-refractivity contribution >= 4 is 33.2 Å². The highest BCUT2D eigenvalue weighted by Crippen LogP contribution is 2.16. The number of carbonyl (C=O) groups excluding carboxylic acids is 1. The van der Waals surface area contributed by atoms with Gasteiger partial charge in [-0.25, -0.2) is 4.39 Å². The quantitative estimate of drug-likeness (QED) is 0.753. The zero-order valence-electron chi connectivity index (χ0n) is 10.5. The number of amides is 1. The van der Waals surface area contributed by atoms with E-state index in [4.69, 9.17) is 11.5 Å². The number of hydrogen-bond acceptors (Lipinski definition) is 3. The molecule has 0 atom stereocenters. The van der Waals surface area contributed by atoms with Crippen molar-refractivity contribution in [2.24, 2.45) is 0 Å². The van der Waals surface area contributed by atoms with Gasteiger partial charge in [0.2, 0.25) is 0 Å². The Morgan fingerprint density at radius 1 is 1.15 bits per heavy atom. The lowest BCUT2D eigenvalue weighted by molar-refractivity contribution is 0.0950. The molecule has 6 heteroatoms. The Kier molecular flexibility index (Phi) is 4.24. The number of nitrogens with two attached hydrogens (primary N) is 2. The van der Waals surface area contributed by atoms with Crippen molar-refractivity contribution in [1.29, 1.82) is 0 Å². The fourth-order valence-corrected chi connectivity index (χ4v) is 2.17. The number of hydrogen-bond donors (Lipinski definition) is 3. The lowest BCUT2D eigenvalue weighted by Gasteiger charge is -2.08. The Balaban J connectivity index is 2.10. The molecule has 1 amide bonds. The van der Waals surface area contributed by atoms with Crippen LogP contribution in [0.1, 0.15) is 15.9 Å². The first-order valence-corrected chi connectivity index (χ1v) is 6.63. The predicted molar refractivity (Wildman–Crippen MR) is 80.5 cm³/mol. The van der Waals surface area contributed by atoms with Gasteiger partial charge in [-0.05, 0) is 36.4 Å². The minimum atomic E-state index is -0.374. The molecule has 2 aromatic rings. The van der Waals surface area contributed by atoms with Gasteiger partial charge in [-0.3, -0.25) is 4.79 Å². The van der Waals surface area contributed by atoms with Crippen LogP contribution in [-0.2, 0) is 6.54 Å². The van der Waals surface area contributed by atoms with Crippen molar-refractivity contribution in [2.75, 3.05) is 11.5 Å². The Bertz CT molecular complexity index is 641. The maximum atomic E-state index is 13.5. The van der Waals surface area contributed by atoms with E-state index >= 15 is 0 Å². The third-order valence-electron chi connectivity index (χ3n) is 2.69. The first-order valence-electron chi connectivity index (χ1n) is 5.84. The van der Waals surface area contributed by atoms with Crippen LogP contribution in [0.3, 0.4) is 0 Å². The second kappa shape index (κ2) is 5.92. The average Bonchev–Trinajstić information content (AvgIpc) is 2.38. The van der Waals surface area contributed by atoms with E-state index < -0.39 is 0 Å². The Labute approximate surface area is 124 Å². The van der Waals surface area contributed by atoms with Gasteiger partial charge in [0.05, 0.1) is 0 Å². The topological polar surface area (TPSA) is 81.1 Å². The van der Waals surface area contributed by atoms with Gasteiger partial charge in [0.1, 0.15) is 5.82 Å². The SMILES string of the molecule is Nc1cc(N)cc(C(=O)NCc2cc(Br)ccc2F)c1. The lowest BCUT2D eigenvalue weighted by atomic mass is 10.1. The van der Waals surface area contributed by atoms with Gasteiger partial charge in [-0.2, -0.15) is 0 Å². The largest absolute Gasteiger partial charge is 0.399 e. The van der Waals surface area contributed by atoms with Gasteiger partial charge in [-0.1, -0.05) is 15.9 Å². The summed E-state index contributed by atoms with van der Waals surface area (Å²) in [4.78, 5) is 12.0. The number of nitrogens with one attached hydrogen (secondary N) is 1. The van der Waals surface area contributed by atoms with Gasteiger partial charge in [0.15, 0.2) is 0 Å². The summed E-state index contributed by atoms with van der Waals surface area (Å²) in [6, 6.07) is 9.14. The van der Waals surface area contributed by atoms with Crippen molar-refractivity contribution in [3.63, 3.8) is 0 Å². The maximum Gasteiger partial charge on any atom is 0.251 e. The molecule has 2 aromatic carbocycles. The molecule has 0 aliphatic heterocycles. The third-order valence-corrected chi connectivity index (χ3v) is 3.18. The summed E-state index contributed by atoms with van der Waals surface area (Å²) in [6.45, 7) is 0.0822. The molecule has 0 aromatic heterocycles. The molecule has 0 radical (unpaired) electrons. The monoisotopic (exact) mass is 337 g/mol. The van der Waals surface area contributed by atoms with Gasteiger partial charge in [-0.15, -0.1) is 0 Å². The number of benzene rings is 2. The highest BCUT2D eigenvalue weighted by molar-refractivity contribution is 9.10. The van der Waals surface area contributed by atoms with Gasteiger partial charge in [0.25, 0.3) is 5.91 Å². The molecule has 20 heavy (non-hydrogen) atoms. The summed E-state index contributed by atoms with van der Waals surface area (Å²) in [7, 11) is 0. The summed E-state index contributed by atoms with van der Waals surface area (Å²) < 4.78 is 14.3. The van der Waals surface area contributed by atoms with Crippen molar-refractivity contribution in [3.8, 4) is 0 Å². The molecule has 0 saturated heterocycles. The van der Waals surface area contributed by atoms with Crippen molar-refractivity contribution in [2.45, 2.75) is 6.54 Å². The van der Waals surface area contributed by atoms with E-state index in [0.717, 1.165) is 4.47 Å². The van der Waals surface area contributed by atoms with Crippen LogP contribution in [0.2, 0.25) is 0 Å². The van der Waals surface area contributed by atoms with Gasteiger partial charge < -0.3 is 16.8 Å². The molecule has 4 nitrogen and oxygen atoms in total. The fraction of sp³-hybridized carbons (Fsp3) is 0.0714. The summed E-state index contributed by atoms with van der Waals surface area (Å²) in [5.41, 5.74) is 12.8. The number of rotatable bonds is 3. The van der Waals surface area contributed by atoms with E-state index in [2.05, 4.69) is 21.2 Å². The van der Waals surface area contributed by atoms with Crippen LogP contribution >= 0.6 is 15.9 Å². The smallest absolute Gasteiger partial charge is 0.251 e. The van der Waals surface area contributed by atoms with E-state index in [-0.39, 0.29) is 18.3 Å². The molecule has 0 spiro atoms. The molecule has 0 fully saturated rings. The zero-order valence-corrected chi connectivity index (χ0v) is 12.1. The Morgan fingerprint density at radius 3 is 2.45 bits per heavy atom. The molecule has 0 saturated carbocycles. The predicted octanol–water partition coefficient (Wildman–Crippen LogP) is 2.68. The van der Waals surface area contributed by atoms with E-state index in [0.29, 0.717) is 22.5 Å². The lowest BCUT2D eigenvalue weighted by Crippen LogP contribution is -2.23. The number of halogens is 2. The molecule has 0 heterocycles. The summed E-state index contributed by atoms with van der Waals surface area (Å²) in [5.74, 6) is -0.732. The zero-order chi connectivity index (χ0) is 14.7. The third kappa shape index (κ3) is 3.48. The van der Waals surface area contributed by atoms with E-state index in [1.54, 1.807) is 18.2 Å². The number of carbonyl (C=O) groups is 1. The molecule has 2 rings (SSSR count). The second-order valence-corrected chi connectivity index (χ2v) is 5.22. The minimum Gasteiger partial charge on any atom is -0.399 e. The molecule has 5 N–H and O–H groups in total. The first kappa shape index (κ1) is 14.3. The second-order valence-electron chi connectivity index (χ2n) is 4.31. The average molecular weight is 338 g/mol. The van der Waals surface area contributed by atoms with Gasteiger partial charge >= 0.3 is 0 Å². The van der Waals surface area contributed by atoms with E-state index in [9.17, 15) is 9.18 Å². The number of nitrogen functional groups attached to an aromatic ring is 2. The highest BCUT2D eigenvalue weighted by Gasteiger charge is 2.09. The summed E-state index contributed by atoms with van der Waals surface area (Å²) >= 11 is 3.25. The minimum absolute atomic E-state index is 0.0822. The van der Waals surface area contributed by atoms with Crippen molar-refractivity contribution in [3.05, 3.63) is 57.8 Å². The molecule has 0 aliphatic carbocycles. The van der Waals surface area contributed by atoms with Gasteiger partial charge in [0, 0.05) is 33.5 Å². The summed E-state index contributed by atoms with van der Waals surface area (Å²) in [6.07, 6.45) is 0. The molecular weight excluding hydrogens is 325 g/mol. The fourth-order valence-electron chi connectivity index (χ4n) is 1.76. The highest BCUT2D eigenvalue weighted by atomic mass is 79.9. The van der Waals surface area contributed by atoms with Crippen LogP contribution in [0.5, 0.6) is 0 Å². The van der Waals surface area contributed by atoms with Crippen LogP contribution in [0, 0.1) is 5.82 Å². The van der Waals surface area contributed by atoms with Crippen LogP contribution in [0.4, 0.5) is 15.8 Å². The molecule has 0 unspecified atom stereocenters. The Hall–Kier alpha value is -2.08. The van der Waals surface area contributed by atoms with Crippen molar-refractivity contribution < 1.29 is 9.18 Å². The Morgan fingerprint density at radius 2 is 1.80 bits per heavy atom.